The van der Waals surface area contributed by atoms with Crippen molar-refractivity contribution in [3.63, 3.8) is 0 Å². The molecule has 0 aromatic heterocycles. The predicted octanol–water partition coefficient (Wildman–Crippen LogP) is 6.55. The number of unbranched alkanes of at least 4 members (excludes halogenated alkanes) is 17. The maximum Gasteiger partial charge on any atom is 0.501 e. The van der Waals surface area contributed by atoms with Crippen LogP contribution in [0, 0.1) is 0 Å². The highest BCUT2D eigenvalue weighted by atomic mass is 79.9. The van der Waals surface area contributed by atoms with Crippen molar-refractivity contribution in [3.8, 4) is 0 Å². The zero-order valence-corrected chi connectivity index (χ0v) is 28.8. The first-order valence-electron chi connectivity index (χ1n) is 16.2. The van der Waals surface area contributed by atoms with Crippen molar-refractivity contribution in [2.45, 2.75) is 156 Å². The SMILES string of the molecule is CCCCCCCCCCCCCCCCCCCC[N+](C)(C)CCC[Si](OCC)(OCC)OCC.[Br-]. The summed E-state index contributed by atoms with van der Waals surface area (Å²) in [5.41, 5.74) is 0. The van der Waals surface area contributed by atoms with Gasteiger partial charge in [0.2, 0.25) is 0 Å². The Hall–Kier alpha value is 0.537. The van der Waals surface area contributed by atoms with Crippen LogP contribution in [0.25, 0.3) is 0 Å². The van der Waals surface area contributed by atoms with Crippen LogP contribution in [0.2, 0.25) is 6.04 Å². The lowest BCUT2D eigenvalue weighted by atomic mass is 10.0. The maximum absolute atomic E-state index is 6.01. The molecule has 0 spiro atoms. The molecule has 0 heterocycles. The zero-order valence-electron chi connectivity index (χ0n) is 26.2. The monoisotopic (exact) mass is 609 g/mol. The highest BCUT2D eigenvalue weighted by Gasteiger charge is 2.40. The summed E-state index contributed by atoms with van der Waals surface area (Å²) in [6, 6.07) is 0.934. The van der Waals surface area contributed by atoms with Crippen LogP contribution in [0.15, 0.2) is 0 Å². The molecule has 6 heteroatoms. The minimum atomic E-state index is -2.48. The molecule has 0 aliphatic heterocycles. The first-order chi connectivity index (χ1) is 17.4. The minimum absolute atomic E-state index is 0. The number of nitrogens with zero attached hydrogens (tertiary/aromatic N) is 1. The summed E-state index contributed by atoms with van der Waals surface area (Å²) in [5, 5.41) is 0. The van der Waals surface area contributed by atoms with Gasteiger partial charge in [-0.3, -0.25) is 0 Å². The Morgan fingerprint density at radius 1 is 0.432 bits per heavy atom. The Kier molecular flexibility index (Phi) is 30.1. The third kappa shape index (κ3) is 25.3. The maximum atomic E-state index is 6.01. The standard InChI is InChI=1S/C31H68NO3Si.BrH/c1-7-11-12-13-14-15-16-17-18-19-20-21-22-23-24-25-26-27-29-32(5,6)30-28-31-36(33-8-2,34-9-3)35-10-4;/h7-31H2,1-6H3;1H/q+1;/p-1. The fraction of sp³-hybridized carbons (Fsp3) is 1.00. The molecule has 0 amide bonds. The quantitative estimate of drug-likeness (QED) is 0.0547. The molecule has 226 valence electrons. The van der Waals surface area contributed by atoms with E-state index in [0.29, 0.717) is 19.8 Å². The third-order valence-electron chi connectivity index (χ3n) is 7.46. The molecule has 0 bridgehead atoms. The average molecular weight is 611 g/mol. The van der Waals surface area contributed by atoms with E-state index in [1.165, 1.54) is 129 Å². The first kappa shape index (κ1) is 39.7. The fourth-order valence-electron chi connectivity index (χ4n) is 5.28. The number of quaternary nitrogens is 1. The van der Waals surface area contributed by atoms with Gasteiger partial charge in [-0.1, -0.05) is 110 Å². The van der Waals surface area contributed by atoms with Crippen molar-refractivity contribution in [2.24, 2.45) is 0 Å². The molecule has 0 radical (unpaired) electrons. The zero-order chi connectivity index (χ0) is 26.8. The van der Waals surface area contributed by atoms with Crippen LogP contribution in [0.3, 0.4) is 0 Å². The largest absolute Gasteiger partial charge is 1.00 e. The van der Waals surface area contributed by atoms with Gasteiger partial charge in [0.1, 0.15) is 0 Å². The fourth-order valence-corrected chi connectivity index (χ4v) is 7.87. The van der Waals surface area contributed by atoms with Crippen LogP contribution in [0.5, 0.6) is 0 Å². The summed E-state index contributed by atoms with van der Waals surface area (Å²) in [4.78, 5) is 0. The summed E-state index contributed by atoms with van der Waals surface area (Å²) in [6.45, 7) is 12.9. The summed E-state index contributed by atoms with van der Waals surface area (Å²) < 4.78 is 19.1. The van der Waals surface area contributed by atoms with Gasteiger partial charge in [-0.25, -0.2) is 0 Å². The number of hydrogen-bond donors (Lipinski definition) is 0. The van der Waals surface area contributed by atoms with Gasteiger partial charge in [-0.2, -0.15) is 0 Å². The summed E-state index contributed by atoms with van der Waals surface area (Å²) in [6.07, 6.45) is 27.0. The first-order valence-corrected chi connectivity index (χ1v) is 18.1. The molecule has 0 aromatic carbocycles. The molecule has 0 saturated heterocycles. The topological polar surface area (TPSA) is 27.7 Å². The van der Waals surface area contributed by atoms with Crippen molar-refractivity contribution in [3.05, 3.63) is 0 Å². The van der Waals surface area contributed by atoms with Crippen molar-refractivity contribution in [2.75, 3.05) is 47.0 Å². The molecule has 0 aromatic rings. The van der Waals surface area contributed by atoms with Crippen LogP contribution in [0.1, 0.15) is 150 Å². The van der Waals surface area contributed by atoms with Crippen LogP contribution in [-0.2, 0) is 13.3 Å². The van der Waals surface area contributed by atoms with Gasteiger partial charge in [0.25, 0.3) is 0 Å². The van der Waals surface area contributed by atoms with Crippen LogP contribution >= 0.6 is 0 Å². The van der Waals surface area contributed by atoms with E-state index in [-0.39, 0.29) is 17.0 Å². The second-order valence-corrected chi connectivity index (χ2v) is 14.2. The van der Waals surface area contributed by atoms with Crippen LogP contribution < -0.4 is 17.0 Å². The van der Waals surface area contributed by atoms with E-state index in [1.807, 2.05) is 20.8 Å². The molecule has 0 fully saturated rings. The molecule has 0 saturated carbocycles. The van der Waals surface area contributed by atoms with E-state index in [0.717, 1.165) is 16.9 Å². The molecule has 0 unspecified atom stereocenters. The Morgan fingerprint density at radius 3 is 1.05 bits per heavy atom. The highest BCUT2D eigenvalue weighted by molar-refractivity contribution is 6.60. The van der Waals surface area contributed by atoms with Gasteiger partial charge in [-0.05, 0) is 33.6 Å². The molecule has 0 rings (SSSR count). The minimum Gasteiger partial charge on any atom is -1.00 e. The van der Waals surface area contributed by atoms with Gasteiger partial charge >= 0.3 is 8.80 Å². The summed E-state index contributed by atoms with van der Waals surface area (Å²) >= 11 is 0. The summed E-state index contributed by atoms with van der Waals surface area (Å²) in [5.74, 6) is 0. The molecule has 0 atom stereocenters. The third-order valence-corrected chi connectivity index (χ3v) is 10.6. The van der Waals surface area contributed by atoms with E-state index in [1.54, 1.807) is 0 Å². The number of halogens is 1. The van der Waals surface area contributed by atoms with E-state index in [2.05, 4.69) is 21.0 Å². The van der Waals surface area contributed by atoms with E-state index in [4.69, 9.17) is 13.3 Å². The van der Waals surface area contributed by atoms with Gasteiger partial charge in [0.15, 0.2) is 0 Å². The smallest absolute Gasteiger partial charge is 0.501 e. The van der Waals surface area contributed by atoms with Crippen molar-refractivity contribution < 1.29 is 34.7 Å². The van der Waals surface area contributed by atoms with Gasteiger partial charge in [-0.15, -0.1) is 0 Å². The lowest BCUT2D eigenvalue weighted by Gasteiger charge is -2.32. The van der Waals surface area contributed by atoms with Gasteiger partial charge < -0.3 is 34.7 Å². The predicted molar refractivity (Wildman–Crippen MR) is 161 cm³/mol. The Morgan fingerprint density at radius 2 is 0.730 bits per heavy atom. The second kappa shape index (κ2) is 28.1. The van der Waals surface area contributed by atoms with E-state index >= 15 is 0 Å². The summed E-state index contributed by atoms with van der Waals surface area (Å²) in [7, 11) is 2.26. The van der Waals surface area contributed by atoms with E-state index in [9.17, 15) is 0 Å². The number of rotatable bonds is 29. The normalized spacial score (nSPS) is 12.2. The highest BCUT2D eigenvalue weighted by Crippen LogP contribution is 2.20. The lowest BCUT2D eigenvalue weighted by molar-refractivity contribution is -0.890. The van der Waals surface area contributed by atoms with Crippen molar-refractivity contribution in [1.82, 2.24) is 0 Å². The Balaban J connectivity index is 0. The molecule has 4 nitrogen and oxygen atoms in total. The molecule has 0 aliphatic rings. The second-order valence-electron chi connectivity index (χ2n) is 11.5. The Labute approximate surface area is 245 Å². The molecule has 0 N–H and O–H groups in total. The average Bonchev–Trinajstić information content (AvgIpc) is 2.83. The molecule has 37 heavy (non-hydrogen) atoms. The van der Waals surface area contributed by atoms with Gasteiger partial charge in [0.05, 0.1) is 27.2 Å². The molecular weight excluding hydrogens is 542 g/mol. The molecule has 0 aliphatic carbocycles. The van der Waals surface area contributed by atoms with Crippen LogP contribution in [0.4, 0.5) is 0 Å². The van der Waals surface area contributed by atoms with Crippen molar-refractivity contribution in [1.29, 1.82) is 0 Å². The van der Waals surface area contributed by atoms with Crippen molar-refractivity contribution >= 4 is 8.80 Å². The Bertz CT molecular complexity index is 437. The number of hydrogen-bond acceptors (Lipinski definition) is 3. The van der Waals surface area contributed by atoms with Crippen LogP contribution in [-0.4, -0.2) is 60.3 Å². The lowest BCUT2D eigenvalue weighted by Crippen LogP contribution is -3.00. The van der Waals surface area contributed by atoms with E-state index < -0.39 is 8.80 Å². The van der Waals surface area contributed by atoms with Gasteiger partial charge in [0, 0.05) is 32.3 Å². The molecular formula is C31H68BrNO3Si.